The lowest BCUT2D eigenvalue weighted by Crippen LogP contribution is -2.39. The molecule has 5 nitrogen and oxygen atoms in total. The van der Waals surface area contributed by atoms with Gasteiger partial charge in [-0.25, -0.2) is 0 Å². The number of hydrogen-bond donors (Lipinski definition) is 1. The molecule has 2 heterocycles. The molecule has 2 aromatic carbocycles. The van der Waals surface area contributed by atoms with Crippen LogP contribution in [0.4, 0.5) is 5.69 Å². The van der Waals surface area contributed by atoms with Crippen molar-refractivity contribution in [2.24, 2.45) is 0 Å². The number of carbonyl (C=O) groups is 1. The summed E-state index contributed by atoms with van der Waals surface area (Å²) in [6.07, 6.45) is 2.19. The molecule has 2 saturated heterocycles. The molecule has 8 heteroatoms. The van der Waals surface area contributed by atoms with E-state index in [1.165, 1.54) is 0 Å². The smallest absolute Gasteiger partial charge is 0.227 e. The Labute approximate surface area is 196 Å². The average molecular weight is 482 g/mol. The predicted octanol–water partition coefficient (Wildman–Crippen LogP) is 4.89. The molecule has 31 heavy (non-hydrogen) atoms. The molecule has 1 aliphatic carbocycles. The fourth-order valence-electron chi connectivity index (χ4n) is 4.96. The number of β-amino-alcohol motifs (C(OH)–C–C–N with tert-alkyl or cyclic N) is 1. The maximum atomic E-state index is 12.2. The monoisotopic (exact) mass is 480 g/mol. The zero-order valence-electron chi connectivity index (χ0n) is 16.9. The molecule has 1 N–H and O–H groups in total. The average Bonchev–Trinajstić information content (AvgIpc) is 3.43. The van der Waals surface area contributed by atoms with Gasteiger partial charge in [-0.1, -0.05) is 34.8 Å². The van der Waals surface area contributed by atoms with E-state index in [-0.39, 0.29) is 24.2 Å². The molecule has 2 aromatic rings. The minimum Gasteiger partial charge on any atom is -0.482 e. The van der Waals surface area contributed by atoms with Gasteiger partial charge in [-0.15, -0.1) is 0 Å². The van der Waals surface area contributed by atoms with Gasteiger partial charge in [-0.3, -0.25) is 9.69 Å². The van der Waals surface area contributed by atoms with E-state index in [0.717, 1.165) is 36.2 Å². The highest BCUT2D eigenvalue weighted by Gasteiger charge is 2.42. The van der Waals surface area contributed by atoms with Crippen LogP contribution in [0.1, 0.15) is 36.5 Å². The van der Waals surface area contributed by atoms with Gasteiger partial charge >= 0.3 is 0 Å². The van der Waals surface area contributed by atoms with E-state index in [0.29, 0.717) is 46.7 Å². The van der Waals surface area contributed by atoms with Crippen molar-refractivity contribution in [3.05, 3.63) is 56.5 Å². The summed E-state index contributed by atoms with van der Waals surface area (Å²) >= 11 is 19.4. The molecule has 5 rings (SSSR count). The van der Waals surface area contributed by atoms with Gasteiger partial charge in [0.05, 0.1) is 17.2 Å². The zero-order valence-corrected chi connectivity index (χ0v) is 19.1. The quantitative estimate of drug-likeness (QED) is 0.676. The summed E-state index contributed by atoms with van der Waals surface area (Å²) in [5, 5.41) is 11.8. The molecule has 0 saturated carbocycles. The molecular formula is C23H23Cl3N2O3. The molecular weight excluding hydrogens is 459 g/mol. The van der Waals surface area contributed by atoms with Gasteiger partial charge in [0.2, 0.25) is 5.91 Å². The van der Waals surface area contributed by atoms with Crippen molar-refractivity contribution in [3.63, 3.8) is 0 Å². The molecule has 1 amide bonds. The maximum absolute atomic E-state index is 12.2. The van der Waals surface area contributed by atoms with E-state index >= 15 is 0 Å². The van der Waals surface area contributed by atoms with Crippen LogP contribution in [0.2, 0.25) is 15.1 Å². The van der Waals surface area contributed by atoms with Crippen LogP contribution in [0.5, 0.6) is 5.75 Å². The second-order valence-corrected chi connectivity index (χ2v) is 9.72. The largest absolute Gasteiger partial charge is 0.482 e. The van der Waals surface area contributed by atoms with Crippen LogP contribution in [0.15, 0.2) is 30.3 Å². The van der Waals surface area contributed by atoms with Crippen molar-refractivity contribution in [1.29, 1.82) is 0 Å². The number of aliphatic hydroxyl groups excluding tert-OH is 1. The Hall–Kier alpha value is -1.50. The Morgan fingerprint density at radius 2 is 1.90 bits per heavy atom. The SMILES string of the molecule is O=C1CCCN1c1ccc(Cl)c(O[C@H]2c3cc(Cl)cc(Cl)c3C[C@H]2N2CC[C@@H](O)C2)c1. The van der Waals surface area contributed by atoms with Gasteiger partial charge in [0.15, 0.2) is 0 Å². The second-order valence-electron chi connectivity index (χ2n) is 8.47. The number of aliphatic hydroxyl groups is 1. The lowest BCUT2D eigenvalue weighted by Gasteiger charge is -2.30. The summed E-state index contributed by atoms with van der Waals surface area (Å²) in [7, 11) is 0. The lowest BCUT2D eigenvalue weighted by atomic mass is 10.1. The van der Waals surface area contributed by atoms with Gasteiger partial charge in [-0.05, 0) is 49.1 Å². The third-order valence-electron chi connectivity index (χ3n) is 6.48. The predicted molar refractivity (Wildman–Crippen MR) is 123 cm³/mol. The Kier molecular flexibility index (Phi) is 5.82. The number of hydrogen-bond acceptors (Lipinski definition) is 4. The second kappa shape index (κ2) is 8.45. The summed E-state index contributed by atoms with van der Waals surface area (Å²) in [5.41, 5.74) is 2.75. The molecule has 0 unspecified atom stereocenters. The van der Waals surface area contributed by atoms with Gasteiger partial charge in [0, 0.05) is 53.4 Å². The molecule has 0 spiro atoms. The van der Waals surface area contributed by atoms with Gasteiger partial charge in [-0.2, -0.15) is 0 Å². The summed E-state index contributed by atoms with van der Waals surface area (Å²) in [5.74, 6) is 0.638. The van der Waals surface area contributed by atoms with E-state index in [4.69, 9.17) is 39.5 Å². The Morgan fingerprint density at radius 3 is 2.61 bits per heavy atom. The molecule has 2 fully saturated rings. The molecule has 3 atom stereocenters. The van der Waals surface area contributed by atoms with Gasteiger partial charge in [0.1, 0.15) is 11.9 Å². The highest BCUT2D eigenvalue weighted by Crippen LogP contribution is 2.45. The first-order chi connectivity index (χ1) is 14.9. The highest BCUT2D eigenvalue weighted by molar-refractivity contribution is 6.35. The normalized spacial score (nSPS) is 26.0. The number of benzene rings is 2. The summed E-state index contributed by atoms with van der Waals surface area (Å²) < 4.78 is 6.53. The van der Waals surface area contributed by atoms with Crippen LogP contribution in [-0.4, -0.2) is 47.7 Å². The number of amides is 1. The summed E-state index contributed by atoms with van der Waals surface area (Å²) in [6, 6.07) is 9.13. The molecule has 0 bridgehead atoms. The summed E-state index contributed by atoms with van der Waals surface area (Å²) in [6.45, 7) is 2.09. The van der Waals surface area contributed by atoms with Crippen LogP contribution in [0.25, 0.3) is 0 Å². The third-order valence-corrected chi connectivity index (χ3v) is 7.35. The van der Waals surface area contributed by atoms with E-state index in [9.17, 15) is 9.90 Å². The molecule has 0 aromatic heterocycles. The molecule has 0 radical (unpaired) electrons. The molecule has 3 aliphatic rings. The van der Waals surface area contributed by atoms with Crippen LogP contribution >= 0.6 is 34.8 Å². The van der Waals surface area contributed by atoms with Crippen molar-refractivity contribution in [1.82, 2.24) is 4.90 Å². The van der Waals surface area contributed by atoms with E-state index in [1.54, 1.807) is 17.0 Å². The number of carbonyl (C=O) groups excluding carboxylic acids is 1. The number of likely N-dealkylation sites (tertiary alicyclic amines) is 1. The van der Waals surface area contributed by atoms with E-state index in [1.807, 2.05) is 18.2 Å². The van der Waals surface area contributed by atoms with Crippen LogP contribution < -0.4 is 9.64 Å². The first-order valence-corrected chi connectivity index (χ1v) is 11.7. The fourth-order valence-corrected chi connectivity index (χ4v) is 5.70. The van der Waals surface area contributed by atoms with Crippen molar-refractivity contribution in [2.45, 2.75) is 43.9 Å². The topological polar surface area (TPSA) is 53.0 Å². The highest BCUT2D eigenvalue weighted by atomic mass is 35.5. The van der Waals surface area contributed by atoms with Crippen molar-refractivity contribution in [3.8, 4) is 5.75 Å². The first-order valence-electron chi connectivity index (χ1n) is 10.6. The van der Waals surface area contributed by atoms with Gasteiger partial charge < -0.3 is 14.7 Å². The number of halogens is 3. The third kappa shape index (κ3) is 4.03. The first kappa shape index (κ1) is 21.4. The Bertz CT molecular complexity index is 1030. The summed E-state index contributed by atoms with van der Waals surface area (Å²) in [4.78, 5) is 16.2. The van der Waals surface area contributed by atoms with E-state index in [2.05, 4.69) is 4.90 Å². The standard InChI is InChI=1S/C23H23Cl3N2O3/c24-13-8-17-16(19(26)9-13)11-20(27-7-5-15(29)12-27)23(17)31-21-10-14(3-4-18(21)25)28-6-1-2-22(28)30/h3-4,8-10,15,20,23,29H,1-2,5-7,11-12H2/t15-,20-,23+/m1/s1. The number of fused-ring (bicyclic) bond motifs is 1. The maximum Gasteiger partial charge on any atom is 0.227 e. The Morgan fingerprint density at radius 1 is 1.06 bits per heavy atom. The van der Waals surface area contributed by atoms with Crippen LogP contribution in [-0.2, 0) is 11.2 Å². The Balaban J connectivity index is 1.51. The minimum atomic E-state index is -0.337. The van der Waals surface area contributed by atoms with Crippen LogP contribution in [0, 0.1) is 0 Å². The van der Waals surface area contributed by atoms with Gasteiger partial charge in [0.25, 0.3) is 0 Å². The number of anilines is 1. The fraction of sp³-hybridized carbons (Fsp3) is 0.435. The number of rotatable bonds is 4. The molecule has 2 aliphatic heterocycles. The van der Waals surface area contributed by atoms with Crippen molar-refractivity contribution < 1.29 is 14.6 Å². The van der Waals surface area contributed by atoms with Crippen LogP contribution in [0.3, 0.4) is 0 Å². The zero-order chi connectivity index (χ0) is 21.7. The molecule has 164 valence electrons. The number of ether oxygens (including phenoxy) is 1. The minimum absolute atomic E-state index is 0.0104. The van der Waals surface area contributed by atoms with Crippen molar-refractivity contribution in [2.75, 3.05) is 24.5 Å². The lowest BCUT2D eigenvalue weighted by molar-refractivity contribution is -0.117. The number of nitrogens with zero attached hydrogens (tertiary/aromatic N) is 2. The van der Waals surface area contributed by atoms with E-state index < -0.39 is 0 Å². The van der Waals surface area contributed by atoms with Crippen molar-refractivity contribution >= 4 is 46.4 Å².